The second-order valence-electron chi connectivity index (χ2n) is 6.11. The summed E-state index contributed by atoms with van der Waals surface area (Å²) in [6, 6.07) is 20.7. The molecule has 3 heteroatoms. The highest BCUT2D eigenvalue weighted by Gasteiger charge is 2.37. The Kier molecular flexibility index (Phi) is 7.44. The molecule has 24 heavy (non-hydrogen) atoms. The molecule has 2 aromatic carbocycles. The largest absolute Gasteiger partial charge is 0.394 e. The van der Waals surface area contributed by atoms with Crippen LogP contribution in [0.3, 0.4) is 0 Å². The Morgan fingerprint density at radius 3 is 2.12 bits per heavy atom. The highest BCUT2D eigenvalue weighted by atomic mass is 16.3. The van der Waals surface area contributed by atoms with Gasteiger partial charge in [-0.15, -0.1) is 0 Å². The number of nitrogens with zero attached hydrogens (tertiary/aromatic N) is 1. The molecule has 1 aliphatic rings. The number of aliphatic hydroxyl groups is 2. The summed E-state index contributed by atoms with van der Waals surface area (Å²) in [7, 11) is 0. The van der Waals surface area contributed by atoms with Gasteiger partial charge in [0.05, 0.1) is 12.7 Å². The molecule has 0 radical (unpaired) electrons. The second kappa shape index (κ2) is 9.58. The van der Waals surface area contributed by atoms with E-state index in [-0.39, 0.29) is 18.4 Å². The molecule has 0 spiro atoms. The van der Waals surface area contributed by atoms with Crippen molar-refractivity contribution in [2.45, 2.75) is 32.4 Å². The van der Waals surface area contributed by atoms with Crippen LogP contribution in [0.1, 0.15) is 30.9 Å². The van der Waals surface area contributed by atoms with Crippen molar-refractivity contribution >= 4 is 0 Å². The first-order valence-electron chi connectivity index (χ1n) is 8.88. The second-order valence-corrected chi connectivity index (χ2v) is 6.11. The fraction of sp³-hybridized carbons (Fsp3) is 0.429. The number of rotatable bonds is 5. The molecule has 2 N–H and O–H groups in total. The van der Waals surface area contributed by atoms with Crippen molar-refractivity contribution in [2.75, 3.05) is 19.7 Å². The van der Waals surface area contributed by atoms with E-state index >= 15 is 0 Å². The summed E-state index contributed by atoms with van der Waals surface area (Å²) in [6.07, 6.45) is -0.661. The molecule has 3 nitrogen and oxygen atoms in total. The summed E-state index contributed by atoms with van der Waals surface area (Å²) in [5.41, 5.74) is 2.53. The molecular formula is C21H29NO2. The first-order valence-corrected chi connectivity index (χ1v) is 8.88. The Hall–Kier alpha value is -1.68. The molecule has 130 valence electrons. The SMILES string of the molecule is CC.OC[C@H](O)[C@H]1CN(Cc2ccccc2)C[C@@H]1c1ccccc1. The third-order valence-corrected chi connectivity index (χ3v) is 4.60. The van der Waals surface area contributed by atoms with Crippen molar-refractivity contribution in [1.82, 2.24) is 4.90 Å². The highest BCUT2D eigenvalue weighted by molar-refractivity contribution is 5.23. The van der Waals surface area contributed by atoms with Gasteiger partial charge in [-0.25, -0.2) is 0 Å². The Labute approximate surface area is 145 Å². The third kappa shape index (κ3) is 4.67. The van der Waals surface area contributed by atoms with Gasteiger partial charge in [0.15, 0.2) is 0 Å². The average molecular weight is 327 g/mol. The van der Waals surface area contributed by atoms with Crippen LogP contribution in [0.5, 0.6) is 0 Å². The summed E-state index contributed by atoms with van der Waals surface area (Å²) in [6.45, 7) is 6.45. The Balaban J connectivity index is 0.00000100. The van der Waals surface area contributed by atoms with Gasteiger partial charge in [0, 0.05) is 31.5 Å². The van der Waals surface area contributed by atoms with Gasteiger partial charge in [-0.2, -0.15) is 0 Å². The van der Waals surface area contributed by atoms with Gasteiger partial charge in [-0.05, 0) is 11.1 Å². The fourth-order valence-corrected chi connectivity index (χ4v) is 3.46. The zero-order valence-corrected chi connectivity index (χ0v) is 14.7. The van der Waals surface area contributed by atoms with Gasteiger partial charge in [0.25, 0.3) is 0 Å². The maximum atomic E-state index is 10.2. The molecule has 0 unspecified atom stereocenters. The molecule has 1 aliphatic heterocycles. The Morgan fingerprint density at radius 1 is 0.958 bits per heavy atom. The molecular weight excluding hydrogens is 298 g/mol. The van der Waals surface area contributed by atoms with Crippen LogP contribution >= 0.6 is 0 Å². The first kappa shape index (κ1) is 18.7. The minimum absolute atomic E-state index is 0.0797. The molecule has 0 aliphatic carbocycles. The molecule has 3 rings (SSSR count). The van der Waals surface area contributed by atoms with E-state index in [4.69, 9.17) is 0 Å². The van der Waals surface area contributed by atoms with E-state index in [1.807, 2.05) is 38.1 Å². The Bertz CT molecular complexity index is 573. The molecule has 1 heterocycles. The van der Waals surface area contributed by atoms with E-state index in [1.54, 1.807) is 0 Å². The van der Waals surface area contributed by atoms with Crippen molar-refractivity contribution in [1.29, 1.82) is 0 Å². The number of benzene rings is 2. The van der Waals surface area contributed by atoms with Crippen LogP contribution < -0.4 is 0 Å². The van der Waals surface area contributed by atoms with E-state index in [0.29, 0.717) is 0 Å². The van der Waals surface area contributed by atoms with Crippen LogP contribution in [0.25, 0.3) is 0 Å². The van der Waals surface area contributed by atoms with Crippen molar-refractivity contribution < 1.29 is 10.2 Å². The van der Waals surface area contributed by atoms with E-state index in [2.05, 4.69) is 41.3 Å². The van der Waals surface area contributed by atoms with Crippen LogP contribution in [-0.4, -0.2) is 40.9 Å². The van der Waals surface area contributed by atoms with Crippen molar-refractivity contribution in [3.63, 3.8) is 0 Å². The number of hydrogen-bond donors (Lipinski definition) is 2. The fourth-order valence-electron chi connectivity index (χ4n) is 3.46. The Morgan fingerprint density at radius 2 is 1.54 bits per heavy atom. The van der Waals surface area contributed by atoms with Gasteiger partial charge < -0.3 is 10.2 Å². The highest BCUT2D eigenvalue weighted by Crippen LogP contribution is 2.35. The van der Waals surface area contributed by atoms with E-state index < -0.39 is 6.10 Å². The third-order valence-electron chi connectivity index (χ3n) is 4.60. The minimum Gasteiger partial charge on any atom is -0.394 e. The van der Waals surface area contributed by atoms with E-state index in [1.165, 1.54) is 11.1 Å². The summed E-state index contributed by atoms with van der Waals surface area (Å²) in [5, 5.41) is 19.6. The van der Waals surface area contributed by atoms with E-state index in [9.17, 15) is 10.2 Å². The lowest BCUT2D eigenvalue weighted by molar-refractivity contribution is 0.0446. The monoisotopic (exact) mass is 327 g/mol. The molecule has 0 bridgehead atoms. The summed E-state index contributed by atoms with van der Waals surface area (Å²) < 4.78 is 0. The van der Waals surface area contributed by atoms with Gasteiger partial charge >= 0.3 is 0 Å². The van der Waals surface area contributed by atoms with Crippen LogP contribution in [0, 0.1) is 5.92 Å². The first-order chi connectivity index (χ1) is 11.8. The van der Waals surface area contributed by atoms with Crippen LogP contribution in [0.2, 0.25) is 0 Å². The molecule has 2 aromatic rings. The predicted octanol–water partition coefficient (Wildman–Crippen LogP) is 3.28. The maximum Gasteiger partial charge on any atom is 0.0817 e. The van der Waals surface area contributed by atoms with Crippen LogP contribution in [-0.2, 0) is 6.54 Å². The molecule has 0 aromatic heterocycles. The zero-order valence-electron chi connectivity index (χ0n) is 14.7. The lowest BCUT2D eigenvalue weighted by Crippen LogP contribution is -2.30. The van der Waals surface area contributed by atoms with E-state index in [0.717, 1.165) is 19.6 Å². The molecule has 3 atom stereocenters. The minimum atomic E-state index is -0.661. The lowest BCUT2D eigenvalue weighted by atomic mass is 9.85. The maximum absolute atomic E-state index is 10.2. The quantitative estimate of drug-likeness (QED) is 0.886. The standard InChI is InChI=1S/C19H23NO2.C2H6/c21-14-19(22)18-13-20(11-15-7-3-1-4-8-15)12-17(18)16-9-5-2-6-10-16;1-2/h1-10,17-19,21-22H,11-14H2;1-2H3/t17-,18+,19+;/m1./s1. The van der Waals surface area contributed by atoms with Gasteiger partial charge in [-0.3, -0.25) is 4.90 Å². The number of likely N-dealkylation sites (tertiary alicyclic amines) is 1. The van der Waals surface area contributed by atoms with Gasteiger partial charge in [-0.1, -0.05) is 74.5 Å². The topological polar surface area (TPSA) is 43.7 Å². The predicted molar refractivity (Wildman–Crippen MR) is 98.8 cm³/mol. The molecule has 1 saturated heterocycles. The van der Waals surface area contributed by atoms with Gasteiger partial charge in [0.2, 0.25) is 0 Å². The van der Waals surface area contributed by atoms with Crippen molar-refractivity contribution in [3.8, 4) is 0 Å². The smallest absolute Gasteiger partial charge is 0.0817 e. The van der Waals surface area contributed by atoms with Gasteiger partial charge in [0.1, 0.15) is 0 Å². The number of aliphatic hydroxyl groups excluding tert-OH is 2. The summed E-state index contributed by atoms with van der Waals surface area (Å²) in [4.78, 5) is 2.37. The zero-order chi connectivity index (χ0) is 17.4. The van der Waals surface area contributed by atoms with Crippen LogP contribution in [0.15, 0.2) is 60.7 Å². The van der Waals surface area contributed by atoms with Crippen LogP contribution in [0.4, 0.5) is 0 Å². The molecule has 0 saturated carbocycles. The molecule has 0 amide bonds. The average Bonchev–Trinajstić information content (AvgIpc) is 3.08. The van der Waals surface area contributed by atoms with Crippen molar-refractivity contribution in [2.24, 2.45) is 5.92 Å². The molecule has 1 fully saturated rings. The lowest BCUT2D eigenvalue weighted by Gasteiger charge is -2.22. The normalized spacial score (nSPS) is 21.8. The summed E-state index contributed by atoms with van der Waals surface area (Å²) in [5.74, 6) is 0.350. The number of hydrogen-bond acceptors (Lipinski definition) is 3. The summed E-state index contributed by atoms with van der Waals surface area (Å²) >= 11 is 0. The van der Waals surface area contributed by atoms with Crippen molar-refractivity contribution in [3.05, 3.63) is 71.8 Å².